The zero-order valence-electron chi connectivity index (χ0n) is 8.60. The number of nitrogens with one attached hydrogen (secondary N) is 1. The lowest BCUT2D eigenvalue weighted by molar-refractivity contribution is -0.123. The number of carbonyl (C=O) groups excluding carboxylic acids is 2. The Hall–Kier alpha value is -2.07. The number of furan rings is 1. The Labute approximate surface area is 103 Å². The summed E-state index contributed by atoms with van der Waals surface area (Å²) in [5.74, 6) is -0.766. The van der Waals surface area contributed by atoms with Crippen molar-refractivity contribution in [3.05, 3.63) is 42.2 Å². The van der Waals surface area contributed by atoms with E-state index in [4.69, 9.17) is 4.42 Å². The second-order valence-corrected chi connectivity index (χ2v) is 3.52. The summed E-state index contributed by atoms with van der Waals surface area (Å²) < 4.78 is 5.31. The largest absolute Gasteiger partial charge is 0.464 e. The lowest BCUT2D eigenvalue weighted by Gasteiger charge is -2.00. The van der Waals surface area contributed by atoms with E-state index in [1.807, 2.05) is 18.2 Å². The molecule has 1 aliphatic heterocycles. The number of rotatable bonds is 1. The van der Waals surface area contributed by atoms with Gasteiger partial charge < -0.3 is 4.42 Å². The fraction of sp³-hybridized carbons (Fsp3) is 0. The van der Waals surface area contributed by atoms with Gasteiger partial charge >= 0.3 is 0 Å². The molecule has 0 unspecified atom stereocenters. The molecule has 4 nitrogen and oxygen atoms in total. The molecule has 3 rings (SSSR count). The number of carbonyl (C=O) groups is 2. The average Bonchev–Trinajstić information content (AvgIpc) is 2.84. The van der Waals surface area contributed by atoms with Crippen LogP contribution in [0.25, 0.3) is 16.5 Å². The highest BCUT2D eigenvalue weighted by Gasteiger charge is 2.24. The number of halogens is 1. The van der Waals surface area contributed by atoms with Gasteiger partial charge in [-0.05, 0) is 6.07 Å². The molecule has 1 aliphatic rings. The van der Waals surface area contributed by atoms with Gasteiger partial charge in [0.1, 0.15) is 5.58 Å². The molecule has 2 aromatic rings. The highest BCUT2D eigenvalue weighted by atomic mass is 35.5. The first-order valence-electron chi connectivity index (χ1n) is 4.79. The molecule has 0 radical (unpaired) electrons. The monoisotopic (exact) mass is 249 g/mol. The average molecular weight is 250 g/mol. The van der Waals surface area contributed by atoms with Crippen LogP contribution in [-0.2, 0) is 9.59 Å². The number of fused-ring (bicyclic) bond motifs is 1. The molecular weight excluding hydrogens is 242 g/mol. The van der Waals surface area contributed by atoms with Crippen LogP contribution in [0.4, 0.5) is 0 Å². The van der Waals surface area contributed by atoms with Crippen molar-refractivity contribution in [2.45, 2.75) is 0 Å². The van der Waals surface area contributed by atoms with Crippen molar-refractivity contribution >= 4 is 40.8 Å². The summed E-state index contributed by atoms with van der Waals surface area (Å²) in [7, 11) is 0. The number of imide groups is 1. The fourth-order valence-corrected chi connectivity index (χ4v) is 1.82. The maximum atomic E-state index is 11.5. The minimum atomic E-state index is -0.386. The Kier molecular flexibility index (Phi) is 2.73. The zero-order valence-corrected chi connectivity index (χ0v) is 9.41. The Morgan fingerprint density at radius 3 is 2.65 bits per heavy atom. The predicted octanol–water partition coefficient (Wildman–Crippen LogP) is 1.89. The summed E-state index contributed by atoms with van der Waals surface area (Å²) >= 11 is 0. The van der Waals surface area contributed by atoms with Gasteiger partial charge in [0.2, 0.25) is 0 Å². The van der Waals surface area contributed by atoms with Crippen LogP contribution in [0, 0.1) is 0 Å². The van der Waals surface area contributed by atoms with Gasteiger partial charge in [-0.2, -0.15) is 0 Å². The van der Waals surface area contributed by atoms with Gasteiger partial charge in [-0.3, -0.25) is 14.9 Å². The van der Waals surface area contributed by atoms with E-state index in [0.29, 0.717) is 16.7 Å². The summed E-state index contributed by atoms with van der Waals surface area (Å²) in [6, 6.07) is 7.28. The van der Waals surface area contributed by atoms with Crippen molar-refractivity contribution in [1.82, 2.24) is 5.32 Å². The highest BCUT2D eigenvalue weighted by Crippen LogP contribution is 2.27. The summed E-state index contributed by atoms with van der Waals surface area (Å²) in [5, 5.41) is 3.12. The third-order valence-corrected chi connectivity index (χ3v) is 2.53. The smallest absolute Gasteiger partial charge is 0.259 e. The van der Waals surface area contributed by atoms with Gasteiger partial charge in [0.25, 0.3) is 11.8 Å². The Balaban J connectivity index is 0.00000108. The Morgan fingerprint density at radius 1 is 1.12 bits per heavy atom. The Morgan fingerprint density at radius 2 is 1.94 bits per heavy atom. The molecular formula is C12H8ClNO3. The predicted molar refractivity (Wildman–Crippen MR) is 64.6 cm³/mol. The molecule has 2 amide bonds. The van der Waals surface area contributed by atoms with Crippen LogP contribution >= 0.6 is 12.4 Å². The summed E-state index contributed by atoms with van der Waals surface area (Å²) in [5.41, 5.74) is 1.62. The lowest BCUT2D eigenvalue weighted by atomic mass is 10.0. The van der Waals surface area contributed by atoms with Gasteiger partial charge in [-0.1, -0.05) is 18.2 Å². The number of hydrogen-bond acceptors (Lipinski definition) is 3. The van der Waals surface area contributed by atoms with Crippen LogP contribution in [0.1, 0.15) is 5.56 Å². The van der Waals surface area contributed by atoms with E-state index in [1.165, 1.54) is 6.08 Å². The SMILES string of the molecule is Cl.O=C1C=C(c2cccc3ccoc23)C(=O)N1. The quantitative estimate of drug-likeness (QED) is 0.786. The molecule has 0 spiro atoms. The van der Waals surface area contributed by atoms with Gasteiger partial charge in [-0.25, -0.2) is 0 Å². The first kappa shape index (κ1) is 11.4. The van der Waals surface area contributed by atoms with E-state index in [0.717, 1.165) is 5.39 Å². The number of para-hydroxylation sites is 1. The maximum absolute atomic E-state index is 11.5. The van der Waals surface area contributed by atoms with E-state index in [-0.39, 0.29) is 24.2 Å². The van der Waals surface area contributed by atoms with E-state index >= 15 is 0 Å². The van der Waals surface area contributed by atoms with E-state index in [1.54, 1.807) is 12.3 Å². The molecule has 0 bridgehead atoms. The third-order valence-electron chi connectivity index (χ3n) is 2.53. The van der Waals surface area contributed by atoms with Crippen LogP contribution in [0.3, 0.4) is 0 Å². The molecule has 1 aromatic carbocycles. The van der Waals surface area contributed by atoms with Crippen molar-refractivity contribution in [3.8, 4) is 0 Å². The van der Waals surface area contributed by atoms with Crippen LogP contribution in [-0.4, -0.2) is 11.8 Å². The van der Waals surface area contributed by atoms with Gasteiger partial charge in [0.15, 0.2) is 0 Å². The molecule has 1 aromatic heterocycles. The molecule has 0 atom stereocenters. The van der Waals surface area contributed by atoms with Gasteiger partial charge in [0, 0.05) is 17.0 Å². The second-order valence-electron chi connectivity index (χ2n) is 3.52. The molecule has 0 saturated heterocycles. The summed E-state index contributed by atoms with van der Waals surface area (Å²) in [6.45, 7) is 0. The minimum absolute atomic E-state index is 0. The number of hydrogen-bond donors (Lipinski definition) is 1. The normalized spacial score (nSPS) is 14.5. The Bertz CT molecular complexity index is 642. The third kappa shape index (κ3) is 1.72. The first-order chi connectivity index (χ1) is 7.75. The molecule has 17 heavy (non-hydrogen) atoms. The van der Waals surface area contributed by atoms with Gasteiger partial charge in [0.05, 0.1) is 11.8 Å². The van der Waals surface area contributed by atoms with Crippen LogP contribution < -0.4 is 5.32 Å². The minimum Gasteiger partial charge on any atom is -0.464 e. The molecule has 2 heterocycles. The van der Waals surface area contributed by atoms with E-state index < -0.39 is 0 Å². The van der Waals surface area contributed by atoms with Crippen molar-refractivity contribution in [2.75, 3.05) is 0 Å². The van der Waals surface area contributed by atoms with Crippen LogP contribution in [0.5, 0.6) is 0 Å². The topological polar surface area (TPSA) is 59.3 Å². The van der Waals surface area contributed by atoms with Crippen molar-refractivity contribution in [1.29, 1.82) is 0 Å². The lowest BCUT2D eigenvalue weighted by Crippen LogP contribution is -2.21. The van der Waals surface area contributed by atoms with Crippen LogP contribution in [0.2, 0.25) is 0 Å². The first-order valence-corrected chi connectivity index (χ1v) is 4.79. The molecule has 0 aliphatic carbocycles. The summed E-state index contributed by atoms with van der Waals surface area (Å²) in [6.07, 6.45) is 2.85. The number of amides is 2. The molecule has 0 saturated carbocycles. The molecule has 1 N–H and O–H groups in total. The van der Waals surface area contributed by atoms with Crippen molar-refractivity contribution in [2.24, 2.45) is 0 Å². The molecule has 5 heteroatoms. The highest BCUT2D eigenvalue weighted by molar-refractivity contribution is 6.34. The zero-order chi connectivity index (χ0) is 11.1. The van der Waals surface area contributed by atoms with E-state index in [2.05, 4.69) is 5.32 Å². The molecule has 0 fully saturated rings. The fourth-order valence-electron chi connectivity index (χ4n) is 1.82. The number of benzene rings is 1. The molecule has 86 valence electrons. The van der Waals surface area contributed by atoms with Crippen LogP contribution in [0.15, 0.2) is 41.0 Å². The van der Waals surface area contributed by atoms with Crippen molar-refractivity contribution < 1.29 is 14.0 Å². The summed E-state index contributed by atoms with van der Waals surface area (Å²) in [4.78, 5) is 22.6. The second kappa shape index (κ2) is 4.07. The van der Waals surface area contributed by atoms with Gasteiger partial charge in [-0.15, -0.1) is 12.4 Å². The maximum Gasteiger partial charge on any atom is 0.259 e. The van der Waals surface area contributed by atoms with E-state index in [9.17, 15) is 9.59 Å². The standard InChI is InChI=1S/C12H7NO3.ClH/c14-10-6-9(12(15)13-10)8-3-1-2-7-4-5-16-11(7)8;/h1-6H,(H,13,14,15);1H. The van der Waals surface area contributed by atoms with Crippen molar-refractivity contribution in [3.63, 3.8) is 0 Å².